The van der Waals surface area contributed by atoms with Crippen molar-refractivity contribution < 1.29 is 14.3 Å². The Kier molecular flexibility index (Phi) is 8.18. The van der Waals surface area contributed by atoms with Gasteiger partial charge in [-0.15, -0.1) is 0 Å². The Hall–Kier alpha value is -2.20. The molecule has 1 amide bonds. The second-order valence-electron chi connectivity index (χ2n) is 7.34. The van der Waals surface area contributed by atoms with E-state index in [-0.39, 0.29) is 12.0 Å². The zero-order valence-corrected chi connectivity index (χ0v) is 18.1. The summed E-state index contributed by atoms with van der Waals surface area (Å²) in [6.07, 6.45) is 1.32. The summed E-state index contributed by atoms with van der Waals surface area (Å²) in [7, 11) is 0. The van der Waals surface area contributed by atoms with Gasteiger partial charge in [0.05, 0.1) is 6.10 Å². The number of hydrogen-bond acceptors (Lipinski definition) is 3. The van der Waals surface area contributed by atoms with Gasteiger partial charge in [-0.05, 0) is 88.4 Å². The van der Waals surface area contributed by atoms with Gasteiger partial charge in [-0.25, -0.2) is 0 Å². The summed E-state index contributed by atoms with van der Waals surface area (Å²) in [6.45, 7) is 10.2. The number of carbonyl (C=O) groups excluding carboxylic acids is 1. The largest absolute Gasteiger partial charge is 0.491 e. The first-order valence-electron chi connectivity index (χ1n) is 9.73. The van der Waals surface area contributed by atoms with Gasteiger partial charge in [-0.3, -0.25) is 4.79 Å². The summed E-state index contributed by atoms with van der Waals surface area (Å²) in [4.78, 5) is 12.3. The van der Waals surface area contributed by atoms with Crippen LogP contribution in [0.3, 0.4) is 0 Å². The molecule has 0 radical (unpaired) electrons. The Labute approximate surface area is 173 Å². The van der Waals surface area contributed by atoms with Gasteiger partial charge >= 0.3 is 0 Å². The third kappa shape index (κ3) is 6.75. The second-order valence-corrected chi connectivity index (χ2v) is 7.72. The summed E-state index contributed by atoms with van der Waals surface area (Å²) >= 11 is 6.18. The van der Waals surface area contributed by atoms with E-state index in [9.17, 15) is 4.79 Å². The van der Waals surface area contributed by atoms with Gasteiger partial charge in [-0.2, -0.15) is 0 Å². The molecule has 4 nitrogen and oxygen atoms in total. The molecule has 0 aromatic heterocycles. The summed E-state index contributed by atoms with van der Waals surface area (Å²) < 4.78 is 11.5. The van der Waals surface area contributed by atoms with E-state index in [0.717, 1.165) is 34.7 Å². The zero-order valence-electron chi connectivity index (χ0n) is 17.3. The third-order valence-electron chi connectivity index (χ3n) is 4.30. The van der Waals surface area contributed by atoms with E-state index in [1.54, 1.807) is 6.92 Å². The fourth-order valence-corrected chi connectivity index (χ4v) is 3.04. The molecular formula is C23H30ClNO3. The van der Waals surface area contributed by atoms with Crippen LogP contribution >= 0.6 is 11.6 Å². The monoisotopic (exact) mass is 403 g/mol. The lowest BCUT2D eigenvalue weighted by molar-refractivity contribution is -0.127. The molecule has 1 atom stereocenters. The molecule has 0 spiro atoms. The predicted molar refractivity (Wildman–Crippen MR) is 115 cm³/mol. The molecule has 2 rings (SSSR count). The maximum absolute atomic E-state index is 12.3. The molecule has 1 N–H and O–H groups in total. The molecule has 0 saturated heterocycles. The fraction of sp³-hybridized carbons (Fsp3) is 0.435. The highest BCUT2D eigenvalue weighted by Crippen LogP contribution is 2.26. The van der Waals surface area contributed by atoms with E-state index < -0.39 is 6.10 Å². The molecule has 2 aromatic carbocycles. The number of benzene rings is 2. The minimum atomic E-state index is -0.567. The molecule has 0 heterocycles. The lowest BCUT2D eigenvalue weighted by atomic mass is 10.1. The Morgan fingerprint density at radius 2 is 1.71 bits per heavy atom. The molecule has 1 unspecified atom stereocenters. The molecule has 0 fully saturated rings. The molecule has 2 aromatic rings. The molecular weight excluding hydrogens is 374 g/mol. The van der Waals surface area contributed by atoms with Crippen LogP contribution in [0.15, 0.2) is 36.4 Å². The fourth-order valence-electron chi connectivity index (χ4n) is 2.93. The van der Waals surface area contributed by atoms with Gasteiger partial charge in [0.1, 0.15) is 11.5 Å². The quantitative estimate of drug-likeness (QED) is 0.581. The maximum atomic E-state index is 12.3. The number of ether oxygens (including phenoxy) is 2. The van der Waals surface area contributed by atoms with Crippen LogP contribution in [0.5, 0.6) is 11.5 Å². The third-order valence-corrected chi connectivity index (χ3v) is 4.90. The average Bonchev–Trinajstić information content (AvgIpc) is 2.62. The molecule has 0 bridgehead atoms. The van der Waals surface area contributed by atoms with Crippen LogP contribution in [0.4, 0.5) is 0 Å². The van der Waals surface area contributed by atoms with E-state index in [4.69, 9.17) is 21.1 Å². The van der Waals surface area contributed by atoms with Crippen LogP contribution in [-0.4, -0.2) is 24.7 Å². The topological polar surface area (TPSA) is 47.6 Å². The Morgan fingerprint density at radius 3 is 2.36 bits per heavy atom. The Bertz CT molecular complexity index is 781. The summed E-state index contributed by atoms with van der Waals surface area (Å²) in [5.41, 5.74) is 3.07. The van der Waals surface area contributed by atoms with Crippen LogP contribution < -0.4 is 14.8 Å². The van der Waals surface area contributed by atoms with Gasteiger partial charge < -0.3 is 14.8 Å². The van der Waals surface area contributed by atoms with Crippen molar-refractivity contribution in [1.29, 1.82) is 0 Å². The Balaban J connectivity index is 1.78. The number of aryl methyl sites for hydroxylation is 3. The van der Waals surface area contributed by atoms with Crippen molar-refractivity contribution in [3.8, 4) is 11.5 Å². The van der Waals surface area contributed by atoms with Crippen molar-refractivity contribution in [3.63, 3.8) is 0 Å². The maximum Gasteiger partial charge on any atom is 0.260 e. The first kappa shape index (κ1) is 22.1. The molecule has 0 aliphatic heterocycles. The van der Waals surface area contributed by atoms with Crippen molar-refractivity contribution in [2.24, 2.45) is 0 Å². The van der Waals surface area contributed by atoms with E-state index in [1.165, 1.54) is 5.56 Å². The number of amides is 1. The van der Waals surface area contributed by atoms with E-state index in [1.807, 2.05) is 52.0 Å². The summed E-state index contributed by atoms with van der Waals surface area (Å²) in [5, 5.41) is 3.67. The van der Waals surface area contributed by atoms with Crippen molar-refractivity contribution in [1.82, 2.24) is 5.32 Å². The van der Waals surface area contributed by atoms with Gasteiger partial charge in [0.2, 0.25) is 0 Å². The minimum Gasteiger partial charge on any atom is -0.491 e. The predicted octanol–water partition coefficient (Wildman–Crippen LogP) is 5.26. The van der Waals surface area contributed by atoms with Crippen LogP contribution in [-0.2, 0) is 11.2 Å². The Morgan fingerprint density at radius 1 is 1.04 bits per heavy atom. The van der Waals surface area contributed by atoms with Crippen LogP contribution in [0.1, 0.15) is 43.9 Å². The molecule has 152 valence electrons. The standard InChI is InChI=1S/C23H30ClNO3/c1-15(2)27-20-10-6-8-19(14-20)9-7-11-25-23(26)18(5)28-21-12-16(3)22(24)17(4)13-21/h6,8,10,12-15,18H,7,9,11H2,1-5H3,(H,25,26). The van der Waals surface area contributed by atoms with Crippen molar-refractivity contribution >= 4 is 17.5 Å². The molecule has 0 aliphatic rings. The van der Waals surface area contributed by atoms with Crippen LogP contribution in [0.2, 0.25) is 5.02 Å². The lowest BCUT2D eigenvalue weighted by Gasteiger charge is -2.16. The van der Waals surface area contributed by atoms with Gasteiger partial charge in [0, 0.05) is 11.6 Å². The smallest absolute Gasteiger partial charge is 0.260 e. The SMILES string of the molecule is Cc1cc(OC(C)C(=O)NCCCc2cccc(OC(C)C)c2)cc(C)c1Cl. The van der Waals surface area contributed by atoms with Crippen molar-refractivity contribution in [2.75, 3.05) is 6.54 Å². The molecule has 5 heteroatoms. The summed E-state index contributed by atoms with van der Waals surface area (Å²) in [6, 6.07) is 11.8. The lowest BCUT2D eigenvalue weighted by Crippen LogP contribution is -2.37. The number of hydrogen-bond donors (Lipinski definition) is 1. The number of carbonyl (C=O) groups is 1. The van der Waals surface area contributed by atoms with Crippen LogP contribution in [0.25, 0.3) is 0 Å². The average molecular weight is 404 g/mol. The first-order valence-corrected chi connectivity index (χ1v) is 10.1. The van der Waals surface area contributed by atoms with Crippen LogP contribution in [0, 0.1) is 13.8 Å². The highest BCUT2D eigenvalue weighted by Gasteiger charge is 2.15. The van der Waals surface area contributed by atoms with Crippen molar-refractivity contribution in [3.05, 3.63) is 58.1 Å². The molecule has 28 heavy (non-hydrogen) atoms. The minimum absolute atomic E-state index is 0.123. The van der Waals surface area contributed by atoms with Gasteiger partial charge in [0.15, 0.2) is 6.10 Å². The number of rotatable bonds is 9. The second kappa shape index (κ2) is 10.4. The zero-order chi connectivity index (χ0) is 20.7. The molecule has 0 saturated carbocycles. The normalized spacial score (nSPS) is 12.0. The first-order chi connectivity index (χ1) is 13.3. The number of halogens is 1. The van der Waals surface area contributed by atoms with Crippen molar-refractivity contribution in [2.45, 2.75) is 59.7 Å². The highest BCUT2D eigenvalue weighted by molar-refractivity contribution is 6.32. The number of nitrogens with one attached hydrogen (secondary N) is 1. The van der Waals surface area contributed by atoms with E-state index in [2.05, 4.69) is 17.4 Å². The highest BCUT2D eigenvalue weighted by atomic mass is 35.5. The van der Waals surface area contributed by atoms with E-state index in [0.29, 0.717) is 12.3 Å². The van der Waals surface area contributed by atoms with Gasteiger partial charge in [0.25, 0.3) is 5.91 Å². The van der Waals surface area contributed by atoms with Gasteiger partial charge in [-0.1, -0.05) is 23.7 Å². The summed E-state index contributed by atoms with van der Waals surface area (Å²) in [5.74, 6) is 1.42. The molecule has 0 aliphatic carbocycles. The van der Waals surface area contributed by atoms with E-state index >= 15 is 0 Å².